The van der Waals surface area contributed by atoms with E-state index in [1.165, 1.54) is 0 Å². The molecule has 0 fully saturated rings. The average Bonchev–Trinajstić information content (AvgIpc) is 2.68. The molecular formula is C21H15ClF3NO2. The molecule has 0 aliphatic rings. The van der Waals surface area contributed by atoms with E-state index < -0.39 is 17.6 Å². The zero-order chi connectivity index (χ0) is 20.1. The van der Waals surface area contributed by atoms with Crippen LogP contribution in [-0.2, 0) is 12.8 Å². The molecule has 0 unspecified atom stereocenters. The summed E-state index contributed by atoms with van der Waals surface area (Å²) in [5, 5.41) is 3.28. The molecule has 1 N–H and O–H groups in total. The van der Waals surface area contributed by atoms with Crippen molar-refractivity contribution in [2.45, 2.75) is 12.8 Å². The van der Waals surface area contributed by atoms with Crippen LogP contribution in [-0.4, -0.2) is 5.91 Å². The largest absolute Gasteiger partial charge is 0.489 e. The standard InChI is InChI=1S/C21H15ClF3NO2/c22-17-7-1-14(2-8-17)13-28-19-11-9-18(10-12-19)26-20(27)15-3-5-16(6-4-15)21(23,24)25/h1-12H,13H2,(H,26,27). The van der Waals surface area contributed by atoms with E-state index in [2.05, 4.69) is 5.32 Å². The summed E-state index contributed by atoms with van der Waals surface area (Å²) >= 11 is 5.83. The summed E-state index contributed by atoms with van der Waals surface area (Å²) in [6.45, 7) is 0.369. The summed E-state index contributed by atoms with van der Waals surface area (Å²) in [4.78, 5) is 12.2. The highest BCUT2D eigenvalue weighted by Gasteiger charge is 2.30. The molecule has 0 atom stereocenters. The van der Waals surface area contributed by atoms with Gasteiger partial charge in [0.1, 0.15) is 12.4 Å². The van der Waals surface area contributed by atoms with Gasteiger partial charge in [-0.05, 0) is 66.2 Å². The molecule has 3 aromatic rings. The molecule has 7 heteroatoms. The van der Waals surface area contributed by atoms with Crippen molar-refractivity contribution in [3.63, 3.8) is 0 Å². The minimum absolute atomic E-state index is 0.135. The summed E-state index contributed by atoms with van der Waals surface area (Å²) in [5.41, 5.74) is 0.801. The molecule has 0 aromatic heterocycles. The third-order valence-electron chi connectivity index (χ3n) is 3.91. The average molecular weight is 406 g/mol. The SMILES string of the molecule is O=C(Nc1ccc(OCc2ccc(Cl)cc2)cc1)c1ccc(C(F)(F)F)cc1. The molecule has 0 radical (unpaired) electrons. The van der Waals surface area contributed by atoms with Crippen LogP contribution in [0, 0.1) is 0 Å². The van der Waals surface area contributed by atoms with Gasteiger partial charge in [0.05, 0.1) is 5.56 Å². The maximum atomic E-state index is 12.6. The first kappa shape index (κ1) is 19.8. The molecule has 0 saturated heterocycles. The molecule has 0 bridgehead atoms. The predicted molar refractivity (Wildman–Crippen MR) is 102 cm³/mol. The minimum Gasteiger partial charge on any atom is -0.489 e. The maximum Gasteiger partial charge on any atom is 0.416 e. The van der Waals surface area contributed by atoms with Gasteiger partial charge in [0, 0.05) is 16.3 Å². The van der Waals surface area contributed by atoms with Crippen molar-refractivity contribution in [1.82, 2.24) is 0 Å². The molecule has 3 aromatic carbocycles. The van der Waals surface area contributed by atoms with Crippen LogP contribution in [0.3, 0.4) is 0 Å². The smallest absolute Gasteiger partial charge is 0.416 e. The third kappa shape index (κ3) is 5.27. The van der Waals surface area contributed by atoms with Crippen molar-refractivity contribution in [3.8, 4) is 5.75 Å². The van der Waals surface area contributed by atoms with Gasteiger partial charge in [0.15, 0.2) is 0 Å². The number of halogens is 4. The highest BCUT2D eigenvalue weighted by molar-refractivity contribution is 6.30. The molecule has 0 aliphatic heterocycles. The Morgan fingerprint density at radius 1 is 0.893 bits per heavy atom. The van der Waals surface area contributed by atoms with E-state index in [-0.39, 0.29) is 5.56 Å². The molecule has 0 spiro atoms. The van der Waals surface area contributed by atoms with Crippen LogP contribution in [0.5, 0.6) is 5.75 Å². The Labute approximate surface area is 164 Å². The highest BCUT2D eigenvalue weighted by Crippen LogP contribution is 2.29. The molecule has 1 amide bonds. The summed E-state index contributed by atoms with van der Waals surface area (Å²) in [6, 6.07) is 18.0. The Kier molecular flexibility index (Phi) is 5.90. The Bertz CT molecular complexity index is 937. The number of ether oxygens (including phenoxy) is 1. The first-order valence-electron chi connectivity index (χ1n) is 8.27. The molecule has 0 aliphatic carbocycles. The van der Waals surface area contributed by atoms with Gasteiger partial charge in [-0.2, -0.15) is 13.2 Å². The van der Waals surface area contributed by atoms with Crippen LogP contribution in [0.1, 0.15) is 21.5 Å². The molecule has 0 saturated carbocycles. The van der Waals surface area contributed by atoms with Gasteiger partial charge < -0.3 is 10.1 Å². The lowest BCUT2D eigenvalue weighted by atomic mass is 10.1. The van der Waals surface area contributed by atoms with E-state index in [1.54, 1.807) is 36.4 Å². The van der Waals surface area contributed by atoms with Crippen LogP contribution in [0.25, 0.3) is 0 Å². The second kappa shape index (κ2) is 8.35. The second-order valence-corrected chi connectivity index (χ2v) is 6.41. The molecule has 3 nitrogen and oxygen atoms in total. The summed E-state index contributed by atoms with van der Waals surface area (Å²) in [5.74, 6) is 0.117. The second-order valence-electron chi connectivity index (χ2n) is 5.97. The van der Waals surface area contributed by atoms with Crippen molar-refractivity contribution in [3.05, 3.63) is 94.5 Å². The first-order valence-corrected chi connectivity index (χ1v) is 8.65. The van der Waals surface area contributed by atoms with E-state index in [0.717, 1.165) is 29.8 Å². The van der Waals surface area contributed by atoms with Crippen LogP contribution < -0.4 is 10.1 Å². The quantitative estimate of drug-likeness (QED) is 0.549. The van der Waals surface area contributed by atoms with Gasteiger partial charge in [-0.25, -0.2) is 0 Å². The summed E-state index contributed by atoms with van der Waals surface area (Å²) in [6.07, 6.45) is -4.43. The van der Waals surface area contributed by atoms with Gasteiger partial charge in [0.2, 0.25) is 0 Å². The molecule has 3 rings (SSSR count). The number of carbonyl (C=O) groups is 1. The molecule has 28 heavy (non-hydrogen) atoms. The van der Waals surface area contributed by atoms with Crippen molar-refractivity contribution in [1.29, 1.82) is 0 Å². The number of benzene rings is 3. The fourth-order valence-electron chi connectivity index (χ4n) is 2.40. The number of carbonyl (C=O) groups excluding carboxylic acids is 1. The van der Waals surface area contributed by atoms with Crippen molar-refractivity contribution in [2.75, 3.05) is 5.32 Å². The number of hydrogen-bond acceptors (Lipinski definition) is 2. The normalized spacial score (nSPS) is 11.1. The lowest BCUT2D eigenvalue weighted by Crippen LogP contribution is -2.12. The molecular weight excluding hydrogens is 391 g/mol. The number of alkyl halides is 3. The Morgan fingerprint density at radius 3 is 2.07 bits per heavy atom. The van der Waals surface area contributed by atoms with Crippen molar-refractivity contribution < 1.29 is 22.7 Å². The third-order valence-corrected chi connectivity index (χ3v) is 4.16. The van der Waals surface area contributed by atoms with Gasteiger partial charge in [0.25, 0.3) is 5.91 Å². The summed E-state index contributed by atoms with van der Waals surface area (Å²) in [7, 11) is 0. The number of anilines is 1. The molecule has 144 valence electrons. The van der Waals surface area contributed by atoms with Crippen LogP contribution in [0.2, 0.25) is 5.02 Å². The van der Waals surface area contributed by atoms with Crippen LogP contribution in [0.15, 0.2) is 72.8 Å². The number of nitrogens with one attached hydrogen (secondary N) is 1. The first-order chi connectivity index (χ1) is 13.3. The van der Waals surface area contributed by atoms with Gasteiger partial charge in [-0.3, -0.25) is 4.79 Å². The van der Waals surface area contributed by atoms with Gasteiger partial charge >= 0.3 is 6.18 Å². The maximum absolute atomic E-state index is 12.6. The van der Waals surface area contributed by atoms with E-state index in [4.69, 9.17) is 16.3 Å². The summed E-state index contributed by atoms with van der Waals surface area (Å²) < 4.78 is 43.4. The predicted octanol–water partition coefficient (Wildman–Crippen LogP) is 6.19. The lowest BCUT2D eigenvalue weighted by Gasteiger charge is -2.10. The van der Waals surface area contributed by atoms with Gasteiger partial charge in [-0.15, -0.1) is 0 Å². The van der Waals surface area contributed by atoms with E-state index in [0.29, 0.717) is 23.1 Å². The number of amides is 1. The fraction of sp³-hybridized carbons (Fsp3) is 0.0952. The Hall–Kier alpha value is -2.99. The zero-order valence-corrected chi connectivity index (χ0v) is 15.2. The lowest BCUT2D eigenvalue weighted by molar-refractivity contribution is -0.137. The monoisotopic (exact) mass is 405 g/mol. The van der Waals surface area contributed by atoms with E-state index in [9.17, 15) is 18.0 Å². The van der Waals surface area contributed by atoms with E-state index in [1.807, 2.05) is 12.1 Å². The van der Waals surface area contributed by atoms with Crippen LogP contribution in [0.4, 0.5) is 18.9 Å². The molecule has 0 heterocycles. The topological polar surface area (TPSA) is 38.3 Å². The fourth-order valence-corrected chi connectivity index (χ4v) is 2.52. The highest BCUT2D eigenvalue weighted by atomic mass is 35.5. The number of rotatable bonds is 5. The minimum atomic E-state index is -4.43. The zero-order valence-electron chi connectivity index (χ0n) is 14.5. The Morgan fingerprint density at radius 2 is 1.50 bits per heavy atom. The Balaban J connectivity index is 1.57. The van der Waals surface area contributed by atoms with E-state index >= 15 is 0 Å². The van der Waals surface area contributed by atoms with Crippen molar-refractivity contribution >= 4 is 23.2 Å². The number of hydrogen-bond donors (Lipinski definition) is 1. The van der Waals surface area contributed by atoms with Crippen LogP contribution >= 0.6 is 11.6 Å². The van der Waals surface area contributed by atoms with Gasteiger partial charge in [-0.1, -0.05) is 23.7 Å². The van der Waals surface area contributed by atoms with Crippen molar-refractivity contribution in [2.24, 2.45) is 0 Å².